The molecule has 22 heavy (non-hydrogen) atoms. The van der Waals surface area contributed by atoms with Gasteiger partial charge in [-0.25, -0.2) is 9.78 Å². The number of hydrogen-bond donors (Lipinski definition) is 3. The van der Waals surface area contributed by atoms with Gasteiger partial charge in [0.25, 0.3) is 5.91 Å². The number of aryl methyl sites for hydroxylation is 1. The largest absolute Gasteiger partial charge is 0.480 e. The first-order valence-corrected chi connectivity index (χ1v) is 6.66. The third kappa shape index (κ3) is 3.53. The summed E-state index contributed by atoms with van der Waals surface area (Å²) in [5.74, 6) is -1.54. The van der Waals surface area contributed by atoms with E-state index < -0.39 is 24.0 Å². The second-order valence-electron chi connectivity index (χ2n) is 4.90. The van der Waals surface area contributed by atoms with Gasteiger partial charge in [0.15, 0.2) is 24.0 Å². The summed E-state index contributed by atoms with van der Waals surface area (Å²) in [6, 6.07) is 2.04. The number of nitrogens with zero attached hydrogens (tertiary/aromatic N) is 2. The fraction of sp³-hybridized carbons (Fsp3) is 0.357. The highest BCUT2D eigenvalue weighted by atomic mass is 16.5. The second-order valence-corrected chi connectivity index (χ2v) is 4.90. The molecule has 0 saturated heterocycles. The molecule has 0 aliphatic heterocycles. The van der Waals surface area contributed by atoms with Gasteiger partial charge in [0.05, 0.1) is 11.8 Å². The third-order valence-electron chi connectivity index (χ3n) is 2.99. The zero-order chi connectivity index (χ0) is 16.3. The predicted molar refractivity (Wildman–Crippen MR) is 76.7 cm³/mol. The van der Waals surface area contributed by atoms with Gasteiger partial charge in [0.1, 0.15) is 0 Å². The van der Waals surface area contributed by atoms with Gasteiger partial charge in [-0.1, -0.05) is 0 Å². The number of aromatic nitrogens is 2. The predicted octanol–water partition coefficient (Wildman–Crippen LogP) is -0.0283. The lowest BCUT2D eigenvalue weighted by atomic mass is 10.2. The summed E-state index contributed by atoms with van der Waals surface area (Å²) in [4.78, 5) is 26.9. The van der Waals surface area contributed by atoms with Crippen molar-refractivity contribution in [3.8, 4) is 5.75 Å². The van der Waals surface area contributed by atoms with Crippen molar-refractivity contribution in [3.05, 3.63) is 30.2 Å². The lowest BCUT2D eigenvalue weighted by Crippen LogP contribution is -2.49. The lowest BCUT2D eigenvalue weighted by Gasteiger charge is -2.17. The summed E-state index contributed by atoms with van der Waals surface area (Å²) in [6.45, 7) is 2.75. The molecule has 2 unspecified atom stereocenters. The molecule has 3 N–H and O–H groups in total. The van der Waals surface area contributed by atoms with Gasteiger partial charge < -0.3 is 24.7 Å². The van der Waals surface area contributed by atoms with Crippen LogP contribution < -0.4 is 10.1 Å². The fourth-order valence-corrected chi connectivity index (χ4v) is 1.97. The van der Waals surface area contributed by atoms with E-state index in [-0.39, 0.29) is 6.61 Å². The Morgan fingerprint density at radius 2 is 2.23 bits per heavy atom. The molecule has 2 aromatic heterocycles. The minimum absolute atomic E-state index is 0.373. The molecule has 0 aromatic carbocycles. The van der Waals surface area contributed by atoms with Crippen LogP contribution in [0.25, 0.3) is 5.65 Å². The standard InChI is InChI=1S/C14H17N3O5/c1-8-6-17-5-3-4-10(13(17)15-8)22-7-11(19)16-12(9(2)18)14(20)21/h3-6,9,12,18H,7H2,1-2H3,(H,16,19)(H,20,21). The van der Waals surface area contributed by atoms with Gasteiger partial charge in [-0.2, -0.15) is 0 Å². The molecule has 8 heteroatoms. The zero-order valence-electron chi connectivity index (χ0n) is 12.2. The van der Waals surface area contributed by atoms with E-state index >= 15 is 0 Å². The summed E-state index contributed by atoms with van der Waals surface area (Å²) in [5.41, 5.74) is 1.37. The number of fused-ring (bicyclic) bond motifs is 1. The number of nitrogens with one attached hydrogen (secondary N) is 1. The van der Waals surface area contributed by atoms with Crippen LogP contribution in [0.3, 0.4) is 0 Å². The van der Waals surface area contributed by atoms with Crippen LogP contribution in [0.4, 0.5) is 0 Å². The number of ether oxygens (including phenoxy) is 1. The van der Waals surface area contributed by atoms with Crippen LogP contribution >= 0.6 is 0 Å². The Kier molecular flexibility index (Phi) is 4.62. The number of hydrogen-bond acceptors (Lipinski definition) is 5. The molecule has 118 valence electrons. The van der Waals surface area contributed by atoms with Crippen molar-refractivity contribution in [1.82, 2.24) is 14.7 Å². The van der Waals surface area contributed by atoms with E-state index in [1.165, 1.54) is 6.92 Å². The molecule has 2 heterocycles. The topological polar surface area (TPSA) is 113 Å². The van der Waals surface area contributed by atoms with Crippen LogP contribution in [-0.2, 0) is 9.59 Å². The molecule has 8 nitrogen and oxygen atoms in total. The fourth-order valence-electron chi connectivity index (χ4n) is 1.97. The number of imidazole rings is 1. The lowest BCUT2D eigenvalue weighted by molar-refractivity contribution is -0.145. The van der Waals surface area contributed by atoms with Crippen molar-refractivity contribution >= 4 is 17.5 Å². The number of aliphatic carboxylic acids is 1. The molecule has 2 rings (SSSR count). The molecule has 0 aliphatic carbocycles. The molecule has 0 radical (unpaired) electrons. The maximum atomic E-state index is 11.7. The SMILES string of the molecule is Cc1cn2cccc(OCC(=O)NC(C(=O)O)C(C)O)c2n1. The molecule has 2 aromatic rings. The average Bonchev–Trinajstić information content (AvgIpc) is 2.82. The smallest absolute Gasteiger partial charge is 0.328 e. The highest BCUT2D eigenvalue weighted by Gasteiger charge is 2.25. The maximum Gasteiger partial charge on any atom is 0.328 e. The van der Waals surface area contributed by atoms with E-state index in [1.807, 2.05) is 13.1 Å². The highest BCUT2D eigenvalue weighted by molar-refractivity contribution is 5.84. The van der Waals surface area contributed by atoms with Crippen molar-refractivity contribution in [1.29, 1.82) is 0 Å². The van der Waals surface area contributed by atoms with E-state index in [0.29, 0.717) is 11.4 Å². The van der Waals surface area contributed by atoms with E-state index in [4.69, 9.17) is 9.84 Å². The quantitative estimate of drug-likeness (QED) is 0.691. The summed E-state index contributed by atoms with van der Waals surface area (Å²) in [5, 5.41) is 20.4. The van der Waals surface area contributed by atoms with Crippen LogP contribution in [0, 0.1) is 6.92 Å². The minimum atomic E-state index is -1.37. The molecule has 1 amide bonds. The number of carbonyl (C=O) groups excluding carboxylic acids is 1. The first-order chi connectivity index (χ1) is 10.4. The summed E-state index contributed by atoms with van der Waals surface area (Å²) >= 11 is 0. The van der Waals surface area contributed by atoms with Crippen molar-refractivity contribution < 1.29 is 24.5 Å². The number of aliphatic hydroxyl groups is 1. The maximum absolute atomic E-state index is 11.7. The van der Waals surface area contributed by atoms with Crippen LogP contribution in [0.1, 0.15) is 12.6 Å². The molecule has 0 saturated carbocycles. The molecule has 0 bridgehead atoms. The second kappa shape index (κ2) is 6.44. The number of rotatable bonds is 6. The Balaban J connectivity index is 2.02. The number of carbonyl (C=O) groups is 2. The van der Waals surface area contributed by atoms with Gasteiger partial charge in [-0.15, -0.1) is 0 Å². The summed E-state index contributed by atoms with van der Waals surface area (Å²) in [6.07, 6.45) is 2.41. The Morgan fingerprint density at radius 1 is 1.50 bits per heavy atom. The Hall–Kier alpha value is -2.61. The van der Waals surface area contributed by atoms with Gasteiger partial charge >= 0.3 is 5.97 Å². The Morgan fingerprint density at radius 3 is 2.86 bits per heavy atom. The van der Waals surface area contributed by atoms with E-state index in [9.17, 15) is 14.7 Å². The monoisotopic (exact) mass is 307 g/mol. The van der Waals surface area contributed by atoms with Crippen molar-refractivity contribution in [2.24, 2.45) is 0 Å². The van der Waals surface area contributed by atoms with Crippen molar-refractivity contribution in [2.75, 3.05) is 6.61 Å². The first-order valence-electron chi connectivity index (χ1n) is 6.66. The van der Waals surface area contributed by atoms with Gasteiger partial charge in [0, 0.05) is 12.4 Å². The number of amides is 1. The van der Waals surface area contributed by atoms with Crippen LogP contribution in [-0.4, -0.2) is 50.2 Å². The highest BCUT2D eigenvalue weighted by Crippen LogP contribution is 2.18. The molecule has 2 atom stereocenters. The number of carboxylic acid groups (broad SMARTS) is 1. The summed E-state index contributed by atoms with van der Waals surface area (Å²) < 4.78 is 7.15. The molecule has 0 fully saturated rings. The normalized spacial score (nSPS) is 13.6. The number of carboxylic acids is 1. The van der Waals surface area contributed by atoms with Crippen LogP contribution in [0.2, 0.25) is 0 Å². The van der Waals surface area contributed by atoms with Gasteiger partial charge in [0.2, 0.25) is 0 Å². The number of pyridine rings is 1. The Labute approximate surface area is 126 Å². The van der Waals surface area contributed by atoms with Gasteiger partial charge in [-0.05, 0) is 26.0 Å². The number of aliphatic hydroxyl groups excluding tert-OH is 1. The van der Waals surface area contributed by atoms with Crippen molar-refractivity contribution in [3.63, 3.8) is 0 Å². The van der Waals surface area contributed by atoms with E-state index in [0.717, 1.165) is 5.69 Å². The van der Waals surface area contributed by atoms with E-state index in [1.54, 1.807) is 22.7 Å². The average molecular weight is 307 g/mol. The van der Waals surface area contributed by atoms with Gasteiger partial charge in [-0.3, -0.25) is 4.79 Å². The Bertz CT molecular complexity index is 695. The first kappa shape index (κ1) is 15.8. The van der Waals surface area contributed by atoms with Crippen molar-refractivity contribution in [2.45, 2.75) is 26.0 Å². The minimum Gasteiger partial charge on any atom is -0.480 e. The molecule has 0 aliphatic rings. The van der Waals surface area contributed by atoms with Crippen LogP contribution in [0.5, 0.6) is 5.75 Å². The molecular weight excluding hydrogens is 290 g/mol. The third-order valence-corrected chi connectivity index (χ3v) is 2.99. The molecular formula is C14H17N3O5. The van der Waals surface area contributed by atoms with E-state index in [2.05, 4.69) is 10.3 Å². The summed E-state index contributed by atoms with van der Waals surface area (Å²) in [7, 11) is 0. The zero-order valence-corrected chi connectivity index (χ0v) is 12.2. The molecule has 0 spiro atoms. The van der Waals surface area contributed by atoms with Crippen LogP contribution in [0.15, 0.2) is 24.5 Å².